The van der Waals surface area contributed by atoms with Crippen LogP contribution in [-0.2, 0) is 11.3 Å². The average molecular weight is 396 g/mol. The van der Waals surface area contributed by atoms with Gasteiger partial charge in [0.25, 0.3) is 17.5 Å². The molecule has 0 radical (unpaired) electrons. The third-order valence-electron chi connectivity index (χ3n) is 4.29. The Morgan fingerprint density at radius 3 is 2.41 bits per heavy atom. The van der Waals surface area contributed by atoms with Crippen LogP contribution in [0.15, 0.2) is 48.5 Å². The minimum atomic E-state index is -0.835. The van der Waals surface area contributed by atoms with Crippen LogP contribution in [-0.4, -0.2) is 40.1 Å². The van der Waals surface area contributed by atoms with Crippen molar-refractivity contribution < 1.29 is 24.1 Å². The lowest BCUT2D eigenvalue weighted by molar-refractivity contribution is -0.385. The summed E-state index contributed by atoms with van der Waals surface area (Å²) in [6.45, 7) is -0.0800. The number of nitrogens with one attached hydrogen (secondary N) is 2. The number of urea groups is 1. The maximum atomic E-state index is 12.4. The number of nitrogens with zero attached hydrogens (tertiary/aromatic N) is 2. The Morgan fingerprint density at radius 2 is 1.72 bits per heavy atom. The number of nitro groups is 1. The number of imide groups is 2. The first-order chi connectivity index (χ1) is 13.9. The highest BCUT2D eigenvalue weighted by Gasteiger charge is 2.40. The molecule has 2 N–H and O–H groups in total. The summed E-state index contributed by atoms with van der Waals surface area (Å²) in [5.74, 6) is -2.24. The zero-order valence-electron chi connectivity index (χ0n) is 15.1. The van der Waals surface area contributed by atoms with Crippen molar-refractivity contribution in [3.63, 3.8) is 0 Å². The zero-order chi connectivity index (χ0) is 21.0. The van der Waals surface area contributed by atoms with E-state index in [0.29, 0.717) is 0 Å². The first kappa shape index (κ1) is 19.7. The molecule has 1 heterocycles. The van der Waals surface area contributed by atoms with Crippen LogP contribution >= 0.6 is 0 Å². The fourth-order valence-electron chi connectivity index (χ4n) is 2.90. The van der Waals surface area contributed by atoms with Gasteiger partial charge in [-0.15, -0.1) is 0 Å². The van der Waals surface area contributed by atoms with Crippen LogP contribution in [0.1, 0.15) is 32.7 Å². The molecule has 0 bridgehead atoms. The summed E-state index contributed by atoms with van der Waals surface area (Å²) in [5, 5.41) is 15.7. The van der Waals surface area contributed by atoms with Crippen molar-refractivity contribution >= 4 is 29.4 Å². The lowest BCUT2D eigenvalue weighted by Crippen LogP contribution is -2.41. The summed E-state index contributed by atoms with van der Waals surface area (Å²) >= 11 is 0. The molecule has 0 fully saturated rings. The SMILES string of the molecule is O=C(CCN1C(=O)c2cccc([N+](=O)[O-])c2C1=O)NC(=O)NCc1ccccc1. The van der Waals surface area contributed by atoms with Gasteiger partial charge in [-0.1, -0.05) is 36.4 Å². The molecule has 2 aromatic carbocycles. The van der Waals surface area contributed by atoms with Crippen LogP contribution in [0.5, 0.6) is 0 Å². The van der Waals surface area contributed by atoms with Crippen LogP contribution in [0, 0.1) is 10.1 Å². The molecule has 29 heavy (non-hydrogen) atoms. The highest BCUT2D eigenvalue weighted by Crippen LogP contribution is 2.30. The monoisotopic (exact) mass is 396 g/mol. The van der Waals surface area contributed by atoms with Crippen LogP contribution < -0.4 is 10.6 Å². The molecule has 148 valence electrons. The number of rotatable bonds is 6. The molecule has 3 rings (SSSR count). The van der Waals surface area contributed by atoms with Gasteiger partial charge in [0.15, 0.2) is 0 Å². The molecule has 0 saturated heterocycles. The van der Waals surface area contributed by atoms with Crippen LogP contribution in [0.3, 0.4) is 0 Å². The van der Waals surface area contributed by atoms with E-state index in [0.717, 1.165) is 16.5 Å². The number of carbonyl (C=O) groups is 4. The highest BCUT2D eigenvalue weighted by molar-refractivity contribution is 6.23. The molecular formula is C19H16N4O6. The van der Waals surface area contributed by atoms with Crippen molar-refractivity contribution in [2.45, 2.75) is 13.0 Å². The van der Waals surface area contributed by atoms with Crippen molar-refractivity contribution in [1.82, 2.24) is 15.5 Å². The Bertz CT molecular complexity index is 1010. The number of amides is 5. The largest absolute Gasteiger partial charge is 0.334 e. The van der Waals surface area contributed by atoms with E-state index in [9.17, 15) is 29.3 Å². The Morgan fingerprint density at radius 1 is 1.00 bits per heavy atom. The second-order valence-electron chi connectivity index (χ2n) is 6.19. The Balaban J connectivity index is 1.54. The number of carbonyl (C=O) groups excluding carboxylic acids is 4. The standard InChI is InChI=1S/C19H16N4O6/c24-15(21-19(27)20-11-12-5-2-1-3-6-12)9-10-22-17(25)13-7-4-8-14(23(28)29)16(13)18(22)26/h1-8H,9-11H2,(H2,20,21,24,27). The molecule has 0 unspecified atom stereocenters. The summed E-state index contributed by atoms with van der Waals surface area (Å²) in [6, 6.07) is 12.1. The van der Waals surface area contributed by atoms with E-state index in [4.69, 9.17) is 0 Å². The molecule has 10 nitrogen and oxygen atoms in total. The lowest BCUT2D eigenvalue weighted by atomic mass is 10.1. The van der Waals surface area contributed by atoms with Gasteiger partial charge in [0, 0.05) is 25.6 Å². The predicted octanol–water partition coefficient (Wildman–Crippen LogP) is 1.61. The summed E-state index contributed by atoms with van der Waals surface area (Å²) in [5.41, 5.74) is 0.0181. The second-order valence-corrected chi connectivity index (χ2v) is 6.19. The van der Waals surface area contributed by atoms with E-state index < -0.39 is 34.4 Å². The van der Waals surface area contributed by atoms with Gasteiger partial charge in [-0.2, -0.15) is 0 Å². The Labute approximate surface area is 164 Å². The van der Waals surface area contributed by atoms with E-state index in [1.54, 1.807) is 0 Å². The molecular weight excluding hydrogens is 380 g/mol. The fraction of sp³-hybridized carbons (Fsp3) is 0.158. The van der Waals surface area contributed by atoms with Crippen LogP contribution in [0.2, 0.25) is 0 Å². The lowest BCUT2D eigenvalue weighted by Gasteiger charge is -2.13. The summed E-state index contributed by atoms with van der Waals surface area (Å²) in [7, 11) is 0. The zero-order valence-corrected chi connectivity index (χ0v) is 15.1. The van der Waals surface area contributed by atoms with Gasteiger partial charge in [0.1, 0.15) is 5.56 Å². The van der Waals surface area contributed by atoms with Crippen molar-refractivity contribution in [3.05, 3.63) is 75.3 Å². The van der Waals surface area contributed by atoms with Crippen molar-refractivity contribution in [2.24, 2.45) is 0 Å². The molecule has 10 heteroatoms. The third-order valence-corrected chi connectivity index (χ3v) is 4.29. The summed E-state index contributed by atoms with van der Waals surface area (Å²) in [6.07, 6.45) is -0.321. The third kappa shape index (κ3) is 4.26. The molecule has 1 aliphatic rings. The topological polar surface area (TPSA) is 139 Å². The predicted molar refractivity (Wildman–Crippen MR) is 99.9 cm³/mol. The number of nitro benzene ring substituents is 1. The molecule has 5 amide bonds. The van der Waals surface area contributed by atoms with Crippen LogP contribution in [0.4, 0.5) is 10.5 Å². The van der Waals surface area contributed by atoms with Crippen molar-refractivity contribution in [2.75, 3.05) is 6.54 Å². The maximum Gasteiger partial charge on any atom is 0.321 e. The normalized spacial score (nSPS) is 12.5. The second kappa shape index (κ2) is 8.30. The van der Waals surface area contributed by atoms with Gasteiger partial charge >= 0.3 is 6.03 Å². The molecule has 0 atom stereocenters. The fourth-order valence-corrected chi connectivity index (χ4v) is 2.90. The molecule has 0 spiro atoms. The molecule has 0 aliphatic carbocycles. The molecule has 0 saturated carbocycles. The molecule has 0 aromatic heterocycles. The number of benzene rings is 2. The van der Waals surface area contributed by atoms with Gasteiger partial charge in [-0.3, -0.25) is 34.7 Å². The van der Waals surface area contributed by atoms with E-state index in [-0.39, 0.29) is 30.6 Å². The number of hydrogen-bond donors (Lipinski definition) is 2. The van der Waals surface area contributed by atoms with Crippen molar-refractivity contribution in [1.29, 1.82) is 0 Å². The quantitative estimate of drug-likeness (QED) is 0.432. The van der Waals surface area contributed by atoms with Crippen molar-refractivity contribution in [3.8, 4) is 0 Å². The maximum absolute atomic E-state index is 12.4. The smallest absolute Gasteiger partial charge is 0.321 e. The minimum absolute atomic E-state index is 0.0785. The molecule has 1 aliphatic heterocycles. The number of fused-ring (bicyclic) bond motifs is 1. The van der Waals surface area contributed by atoms with E-state index >= 15 is 0 Å². The first-order valence-corrected chi connectivity index (χ1v) is 8.63. The van der Waals surface area contributed by atoms with E-state index in [1.165, 1.54) is 12.1 Å². The number of hydrogen-bond acceptors (Lipinski definition) is 6. The van der Waals surface area contributed by atoms with Gasteiger partial charge in [-0.25, -0.2) is 4.79 Å². The average Bonchev–Trinajstić information content (AvgIpc) is 2.95. The van der Waals surface area contributed by atoms with Gasteiger partial charge in [0.05, 0.1) is 10.5 Å². The van der Waals surface area contributed by atoms with Gasteiger partial charge in [-0.05, 0) is 11.6 Å². The Hall–Kier alpha value is -4.08. The summed E-state index contributed by atoms with van der Waals surface area (Å²) in [4.78, 5) is 59.6. The first-order valence-electron chi connectivity index (χ1n) is 8.63. The van der Waals surface area contributed by atoms with Gasteiger partial charge < -0.3 is 5.32 Å². The van der Waals surface area contributed by atoms with Crippen LogP contribution in [0.25, 0.3) is 0 Å². The minimum Gasteiger partial charge on any atom is -0.334 e. The highest BCUT2D eigenvalue weighted by atomic mass is 16.6. The van der Waals surface area contributed by atoms with E-state index in [2.05, 4.69) is 10.6 Å². The van der Waals surface area contributed by atoms with Gasteiger partial charge in [0.2, 0.25) is 5.91 Å². The summed E-state index contributed by atoms with van der Waals surface area (Å²) < 4.78 is 0. The Kier molecular flexibility index (Phi) is 5.63. The molecule has 2 aromatic rings. The van der Waals surface area contributed by atoms with E-state index in [1.807, 2.05) is 30.3 Å².